The molecule has 19 heavy (non-hydrogen) atoms. The molecule has 2 nitrogen and oxygen atoms in total. The van der Waals surface area contributed by atoms with Gasteiger partial charge in [0.1, 0.15) is 0 Å². The molecule has 0 aliphatic carbocycles. The zero-order valence-electron chi connectivity index (χ0n) is 10.4. The van der Waals surface area contributed by atoms with Gasteiger partial charge >= 0.3 is 0 Å². The first kappa shape index (κ1) is 14.2. The Labute approximate surface area is 123 Å². The van der Waals surface area contributed by atoms with E-state index in [1.54, 1.807) is 6.07 Å². The molecular formula is C15H16Cl2N2. The third-order valence-corrected chi connectivity index (χ3v) is 3.71. The van der Waals surface area contributed by atoms with Crippen molar-refractivity contribution >= 4 is 28.9 Å². The molecule has 0 aromatic heterocycles. The maximum absolute atomic E-state index is 6.15. The van der Waals surface area contributed by atoms with Crippen LogP contribution in [0.4, 0.5) is 5.69 Å². The summed E-state index contributed by atoms with van der Waals surface area (Å²) >= 11 is 12.1. The van der Waals surface area contributed by atoms with E-state index in [2.05, 4.69) is 5.32 Å². The van der Waals surface area contributed by atoms with Gasteiger partial charge in [0.05, 0.1) is 10.0 Å². The number of benzene rings is 2. The number of halogens is 2. The van der Waals surface area contributed by atoms with Crippen molar-refractivity contribution in [3.05, 3.63) is 64.1 Å². The first-order chi connectivity index (χ1) is 9.16. The Morgan fingerprint density at radius 2 is 1.74 bits per heavy atom. The molecule has 0 fully saturated rings. The number of nitrogens with one attached hydrogen (secondary N) is 1. The van der Waals surface area contributed by atoms with Gasteiger partial charge in [-0.2, -0.15) is 0 Å². The largest absolute Gasteiger partial charge is 0.383 e. The minimum absolute atomic E-state index is 0.0174. The van der Waals surface area contributed by atoms with E-state index in [1.807, 2.05) is 42.5 Å². The second-order valence-corrected chi connectivity index (χ2v) is 5.21. The van der Waals surface area contributed by atoms with Crippen molar-refractivity contribution in [2.24, 2.45) is 5.73 Å². The molecule has 2 aromatic rings. The van der Waals surface area contributed by atoms with Crippen molar-refractivity contribution in [2.75, 3.05) is 11.9 Å². The highest BCUT2D eigenvalue weighted by atomic mass is 35.5. The maximum atomic E-state index is 6.15. The molecule has 0 saturated carbocycles. The summed E-state index contributed by atoms with van der Waals surface area (Å²) in [5, 5.41) is 4.47. The number of rotatable bonds is 5. The molecule has 2 aromatic carbocycles. The molecular weight excluding hydrogens is 279 g/mol. The Morgan fingerprint density at radius 3 is 2.47 bits per heavy atom. The summed E-state index contributed by atoms with van der Waals surface area (Å²) in [6.45, 7) is 0.687. The summed E-state index contributed by atoms with van der Waals surface area (Å²) in [5.41, 5.74) is 8.16. The van der Waals surface area contributed by atoms with Crippen LogP contribution in [0.25, 0.3) is 0 Å². The van der Waals surface area contributed by atoms with E-state index in [4.69, 9.17) is 28.9 Å². The van der Waals surface area contributed by atoms with E-state index < -0.39 is 0 Å². The normalized spacial score (nSPS) is 12.2. The standard InChI is InChI=1S/C15H16Cl2N2/c16-14-8-4-5-11(15(14)17)9-12(18)10-19-13-6-2-1-3-7-13/h1-8,12,19H,9-10,18H2. The van der Waals surface area contributed by atoms with E-state index >= 15 is 0 Å². The molecule has 4 heteroatoms. The van der Waals surface area contributed by atoms with Crippen LogP contribution in [0.5, 0.6) is 0 Å². The van der Waals surface area contributed by atoms with Crippen LogP contribution in [0.15, 0.2) is 48.5 Å². The van der Waals surface area contributed by atoms with Crippen molar-refractivity contribution in [3.8, 4) is 0 Å². The van der Waals surface area contributed by atoms with Gasteiger partial charge in [-0.05, 0) is 30.2 Å². The third kappa shape index (κ3) is 4.13. The highest BCUT2D eigenvalue weighted by Crippen LogP contribution is 2.26. The fourth-order valence-corrected chi connectivity index (χ4v) is 2.26. The van der Waals surface area contributed by atoms with Gasteiger partial charge in [0.25, 0.3) is 0 Å². The molecule has 0 saturated heterocycles. The van der Waals surface area contributed by atoms with Crippen LogP contribution in [-0.4, -0.2) is 12.6 Å². The predicted octanol–water partition coefficient (Wildman–Crippen LogP) is 3.98. The second kappa shape index (κ2) is 6.80. The molecule has 0 bridgehead atoms. The summed E-state index contributed by atoms with van der Waals surface area (Å²) in [6, 6.07) is 15.6. The van der Waals surface area contributed by atoms with E-state index in [-0.39, 0.29) is 6.04 Å². The lowest BCUT2D eigenvalue weighted by molar-refractivity contribution is 0.699. The number of hydrogen-bond acceptors (Lipinski definition) is 2. The van der Waals surface area contributed by atoms with Crippen molar-refractivity contribution in [2.45, 2.75) is 12.5 Å². The average molecular weight is 295 g/mol. The molecule has 0 aliphatic rings. The minimum atomic E-state index is -0.0174. The Balaban J connectivity index is 1.91. The third-order valence-electron chi connectivity index (χ3n) is 2.86. The fraction of sp³-hybridized carbons (Fsp3) is 0.200. The van der Waals surface area contributed by atoms with Crippen molar-refractivity contribution in [1.82, 2.24) is 0 Å². The second-order valence-electron chi connectivity index (χ2n) is 4.42. The highest BCUT2D eigenvalue weighted by molar-refractivity contribution is 6.42. The lowest BCUT2D eigenvalue weighted by atomic mass is 10.1. The molecule has 100 valence electrons. The van der Waals surface area contributed by atoms with Gasteiger partial charge in [0.15, 0.2) is 0 Å². The smallest absolute Gasteiger partial charge is 0.0624 e. The predicted molar refractivity (Wildman–Crippen MR) is 83.1 cm³/mol. The minimum Gasteiger partial charge on any atom is -0.383 e. The van der Waals surface area contributed by atoms with Gasteiger partial charge in [0.2, 0.25) is 0 Å². The molecule has 1 atom stereocenters. The monoisotopic (exact) mass is 294 g/mol. The molecule has 2 rings (SSSR count). The van der Waals surface area contributed by atoms with Crippen LogP contribution < -0.4 is 11.1 Å². The van der Waals surface area contributed by atoms with E-state index in [0.717, 1.165) is 11.3 Å². The van der Waals surface area contributed by atoms with Crippen molar-refractivity contribution in [3.63, 3.8) is 0 Å². The zero-order chi connectivity index (χ0) is 13.7. The molecule has 0 spiro atoms. The quantitative estimate of drug-likeness (QED) is 0.875. The van der Waals surface area contributed by atoms with Gasteiger partial charge in [-0.15, -0.1) is 0 Å². The van der Waals surface area contributed by atoms with E-state index in [0.29, 0.717) is 23.0 Å². The average Bonchev–Trinajstić information content (AvgIpc) is 2.43. The fourth-order valence-electron chi connectivity index (χ4n) is 1.87. The van der Waals surface area contributed by atoms with Crippen molar-refractivity contribution in [1.29, 1.82) is 0 Å². The summed E-state index contributed by atoms with van der Waals surface area (Å²) in [4.78, 5) is 0. The molecule has 0 aliphatic heterocycles. The number of nitrogens with two attached hydrogens (primary N) is 1. The van der Waals surface area contributed by atoms with Crippen LogP contribution in [0, 0.1) is 0 Å². The Kier molecular flexibility index (Phi) is 5.08. The number of para-hydroxylation sites is 1. The lowest BCUT2D eigenvalue weighted by Crippen LogP contribution is -2.31. The Morgan fingerprint density at radius 1 is 1.00 bits per heavy atom. The molecule has 3 N–H and O–H groups in total. The Hall–Kier alpha value is -1.22. The van der Waals surface area contributed by atoms with Gasteiger partial charge in [-0.1, -0.05) is 53.5 Å². The summed E-state index contributed by atoms with van der Waals surface area (Å²) < 4.78 is 0. The van der Waals surface area contributed by atoms with Crippen LogP contribution in [0.3, 0.4) is 0 Å². The summed E-state index contributed by atoms with van der Waals surface area (Å²) in [5.74, 6) is 0. The molecule has 1 unspecified atom stereocenters. The van der Waals surface area contributed by atoms with Crippen molar-refractivity contribution < 1.29 is 0 Å². The van der Waals surface area contributed by atoms with E-state index in [9.17, 15) is 0 Å². The van der Waals surface area contributed by atoms with E-state index in [1.165, 1.54) is 0 Å². The van der Waals surface area contributed by atoms with Crippen LogP contribution in [-0.2, 0) is 6.42 Å². The topological polar surface area (TPSA) is 38.0 Å². The summed E-state index contributed by atoms with van der Waals surface area (Å²) in [7, 11) is 0. The first-order valence-corrected chi connectivity index (χ1v) is 6.90. The lowest BCUT2D eigenvalue weighted by Gasteiger charge is -2.15. The van der Waals surface area contributed by atoms with Crippen LogP contribution in [0.2, 0.25) is 10.0 Å². The van der Waals surface area contributed by atoms with Crippen LogP contribution in [0.1, 0.15) is 5.56 Å². The van der Waals surface area contributed by atoms with Gasteiger partial charge in [-0.3, -0.25) is 0 Å². The van der Waals surface area contributed by atoms with Crippen LogP contribution >= 0.6 is 23.2 Å². The number of hydrogen-bond donors (Lipinski definition) is 2. The summed E-state index contributed by atoms with van der Waals surface area (Å²) in [6.07, 6.45) is 0.694. The molecule has 0 heterocycles. The molecule has 0 amide bonds. The first-order valence-electron chi connectivity index (χ1n) is 6.14. The SMILES string of the molecule is NC(CNc1ccccc1)Cc1cccc(Cl)c1Cl. The Bertz CT molecular complexity index is 529. The van der Waals surface area contributed by atoms with Gasteiger partial charge < -0.3 is 11.1 Å². The highest BCUT2D eigenvalue weighted by Gasteiger charge is 2.09. The molecule has 0 radical (unpaired) electrons. The maximum Gasteiger partial charge on any atom is 0.0624 e. The number of anilines is 1. The van der Waals surface area contributed by atoms with Gasteiger partial charge in [-0.25, -0.2) is 0 Å². The zero-order valence-corrected chi connectivity index (χ0v) is 12.0. The van der Waals surface area contributed by atoms with Gasteiger partial charge in [0, 0.05) is 18.3 Å².